The molecule has 0 spiro atoms. The maximum absolute atomic E-state index is 13.5. The van der Waals surface area contributed by atoms with Gasteiger partial charge in [-0.05, 0) is 73.8 Å². The quantitative estimate of drug-likeness (QED) is 0.652. The fraction of sp³-hybridized carbons (Fsp3) is 0.500. The molecule has 1 atom stereocenters. The molecule has 0 saturated heterocycles. The number of aromatic hydroxyl groups is 1. The molecule has 1 heterocycles. The van der Waals surface area contributed by atoms with Crippen molar-refractivity contribution in [3.63, 3.8) is 0 Å². The highest BCUT2D eigenvalue weighted by Crippen LogP contribution is 2.27. The summed E-state index contributed by atoms with van der Waals surface area (Å²) < 4.78 is 6.72. The van der Waals surface area contributed by atoms with Crippen molar-refractivity contribution in [2.75, 3.05) is 7.11 Å². The molecule has 1 aromatic carbocycles. The average molecular weight is 453 g/mol. The van der Waals surface area contributed by atoms with Gasteiger partial charge in [0, 0.05) is 12.2 Å². The van der Waals surface area contributed by atoms with Crippen LogP contribution in [0.15, 0.2) is 35.1 Å². The standard InChI is InChI=1S/C26H32N2O5/c1-33-26(32)23(18-11-13-20(29)14-12-18)27-24(30)21-15-19-9-5-6-10-22(19)28(25(21)31)16-17-7-3-2-4-8-17/h11-15,17,23,29H,2-10,16H2,1H3,(H,27,30). The molecule has 0 radical (unpaired) electrons. The van der Waals surface area contributed by atoms with Crippen molar-refractivity contribution in [2.24, 2.45) is 5.92 Å². The number of benzene rings is 1. The second-order valence-corrected chi connectivity index (χ2v) is 9.18. The van der Waals surface area contributed by atoms with E-state index in [1.54, 1.807) is 18.2 Å². The second kappa shape index (κ2) is 10.2. The van der Waals surface area contributed by atoms with Crippen LogP contribution in [0.5, 0.6) is 5.75 Å². The summed E-state index contributed by atoms with van der Waals surface area (Å²) in [5.74, 6) is -0.724. The number of phenolic OH excluding ortho intramolecular Hbond substituents is 1. The Balaban J connectivity index is 1.67. The number of methoxy groups -OCH3 is 1. The van der Waals surface area contributed by atoms with Gasteiger partial charge in [0.05, 0.1) is 7.11 Å². The molecular weight excluding hydrogens is 420 g/mol. The third-order valence-electron chi connectivity index (χ3n) is 6.95. The van der Waals surface area contributed by atoms with Crippen LogP contribution in [0.3, 0.4) is 0 Å². The molecule has 7 nitrogen and oxygen atoms in total. The first-order chi connectivity index (χ1) is 16.0. The van der Waals surface area contributed by atoms with Crippen LogP contribution < -0.4 is 10.9 Å². The molecule has 1 saturated carbocycles. The number of phenols is 1. The number of nitrogens with one attached hydrogen (secondary N) is 1. The second-order valence-electron chi connectivity index (χ2n) is 9.18. The number of fused-ring (bicyclic) bond motifs is 1. The van der Waals surface area contributed by atoms with E-state index in [1.807, 2.05) is 4.57 Å². The molecule has 33 heavy (non-hydrogen) atoms. The molecule has 2 N–H and O–H groups in total. The Hall–Kier alpha value is -3.09. The number of ether oxygens (including phenoxy) is 1. The van der Waals surface area contributed by atoms with Crippen LogP contribution in [0, 0.1) is 5.92 Å². The lowest BCUT2D eigenvalue weighted by atomic mass is 9.88. The zero-order valence-corrected chi connectivity index (χ0v) is 19.1. The molecule has 2 aromatic rings. The molecule has 1 fully saturated rings. The predicted octanol–water partition coefficient (Wildman–Crippen LogP) is 3.66. The summed E-state index contributed by atoms with van der Waals surface area (Å²) in [7, 11) is 1.25. The lowest BCUT2D eigenvalue weighted by Gasteiger charge is -2.27. The molecule has 2 aliphatic rings. The first kappa shape index (κ1) is 23.1. The van der Waals surface area contributed by atoms with E-state index in [4.69, 9.17) is 4.74 Å². The Kier molecular flexibility index (Phi) is 7.16. The number of hydrogen-bond acceptors (Lipinski definition) is 5. The summed E-state index contributed by atoms with van der Waals surface area (Å²) >= 11 is 0. The SMILES string of the molecule is COC(=O)C(NC(=O)c1cc2c(n(CC3CCCCC3)c1=O)CCCC2)c1ccc(O)cc1. The van der Waals surface area contributed by atoms with Gasteiger partial charge in [0.15, 0.2) is 6.04 Å². The molecular formula is C26H32N2O5. The minimum atomic E-state index is -1.08. The Morgan fingerprint density at radius 1 is 1.09 bits per heavy atom. The number of rotatable bonds is 6. The first-order valence-corrected chi connectivity index (χ1v) is 11.9. The number of esters is 1. The smallest absolute Gasteiger partial charge is 0.333 e. The van der Waals surface area contributed by atoms with Gasteiger partial charge in [-0.1, -0.05) is 31.4 Å². The Morgan fingerprint density at radius 2 is 1.79 bits per heavy atom. The van der Waals surface area contributed by atoms with Gasteiger partial charge in [0.25, 0.3) is 11.5 Å². The van der Waals surface area contributed by atoms with Crippen molar-refractivity contribution >= 4 is 11.9 Å². The highest BCUT2D eigenvalue weighted by atomic mass is 16.5. The number of carbonyl (C=O) groups is 2. The van der Waals surface area contributed by atoms with E-state index in [9.17, 15) is 19.5 Å². The van der Waals surface area contributed by atoms with Crippen molar-refractivity contribution in [3.8, 4) is 5.75 Å². The molecule has 0 bridgehead atoms. The van der Waals surface area contributed by atoms with Gasteiger partial charge in [-0.3, -0.25) is 9.59 Å². The van der Waals surface area contributed by atoms with Gasteiger partial charge in [-0.2, -0.15) is 0 Å². The third-order valence-corrected chi connectivity index (χ3v) is 6.95. The van der Waals surface area contributed by atoms with Gasteiger partial charge in [-0.15, -0.1) is 0 Å². The average Bonchev–Trinajstić information content (AvgIpc) is 2.84. The molecule has 7 heteroatoms. The van der Waals surface area contributed by atoms with Crippen LogP contribution in [0.2, 0.25) is 0 Å². The van der Waals surface area contributed by atoms with Gasteiger partial charge in [0.1, 0.15) is 11.3 Å². The molecule has 4 rings (SSSR count). The third kappa shape index (κ3) is 5.13. The first-order valence-electron chi connectivity index (χ1n) is 11.9. The zero-order chi connectivity index (χ0) is 23.4. The summed E-state index contributed by atoms with van der Waals surface area (Å²) in [5, 5.41) is 12.3. The van der Waals surface area contributed by atoms with E-state index in [0.29, 0.717) is 18.0 Å². The number of aromatic nitrogens is 1. The minimum absolute atomic E-state index is 0.0500. The topological polar surface area (TPSA) is 97.6 Å². The van der Waals surface area contributed by atoms with E-state index in [-0.39, 0.29) is 16.9 Å². The van der Waals surface area contributed by atoms with Crippen molar-refractivity contribution in [3.05, 3.63) is 63.1 Å². The number of amides is 1. The minimum Gasteiger partial charge on any atom is -0.508 e. The Labute approximate surface area is 193 Å². The normalized spacial score (nSPS) is 17.1. The van der Waals surface area contributed by atoms with Crippen LogP contribution in [-0.2, 0) is 28.9 Å². The van der Waals surface area contributed by atoms with Crippen LogP contribution in [0.4, 0.5) is 0 Å². The molecule has 1 amide bonds. The van der Waals surface area contributed by atoms with Gasteiger partial charge in [0.2, 0.25) is 0 Å². The number of hydrogen-bond donors (Lipinski definition) is 2. The maximum atomic E-state index is 13.5. The summed E-state index contributed by atoms with van der Waals surface area (Å²) in [6, 6.07) is 6.61. The van der Waals surface area contributed by atoms with E-state index >= 15 is 0 Å². The monoisotopic (exact) mass is 452 g/mol. The van der Waals surface area contributed by atoms with Gasteiger partial charge in [-0.25, -0.2) is 4.79 Å². The van der Waals surface area contributed by atoms with E-state index < -0.39 is 17.9 Å². The molecule has 1 unspecified atom stereocenters. The van der Waals surface area contributed by atoms with Crippen molar-refractivity contribution in [1.29, 1.82) is 0 Å². The van der Waals surface area contributed by atoms with Crippen molar-refractivity contribution in [2.45, 2.75) is 70.4 Å². The number of nitrogens with zero attached hydrogens (tertiary/aromatic N) is 1. The van der Waals surface area contributed by atoms with Crippen molar-refractivity contribution < 1.29 is 19.4 Å². The van der Waals surface area contributed by atoms with Gasteiger partial charge < -0.3 is 19.7 Å². The fourth-order valence-electron chi connectivity index (χ4n) is 5.14. The molecule has 1 aromatic heterocycles. The maximum Gasteiger partial charge on any atom is 0.333 e. The number of carbonyl (C=O) groups excluding carboxylic acids is 2. The van der Waals surface area contributed by atoms with Crippen LogP contribution in [0.25, 0.3) is 0 Å². The summed E-state index contributed by atoms with van der Waals surface area (Å²) in [6.07, 6.45) is 9.65. The zero-order valence-electron chi connectivity index (χ0n) is 19.1. The molecule has 2 aliphatic carbocycles. The fourth-order valence-corrected chi connectivity index (χ4v) is 5.14. The summed E-state index contributed by atoms with van der Waals surface area (Å²) in [6.45, 7) is 0.653. The Morgan fingerprint density at radius 3 is 2.48 bits per heavy atom. The highest BCUT2D eigenvalue weighted by molar-refractivity contribution is 5.97. The number of aryl methyl sites for hydroxylation is 1. The largest absolute Gasteiger partial charge is 0.508 e. The Bertz CT molecular complexity index is 1070. The summed E-state index contributed by atoms with van der Waals surface area (Å²) in [5.41, 5.74) is 2.37. The lowest BCUT2D eigenvalue weighted by molar-refractivity contribution is -0.143. The van der Waals surface area contributed by atoms with Crippen LogP contribution >= 0.6 is 0 Å². The molecule has 176 valence electrons. The number of pyridine rings is 1. The molecule has 0 aliphatic heterocycles. The highest BCUT2D eigenvalue weighted by Gasteiger charge is 2.28. The summed E-state index contributed by atoms with van der Waals surface area (Å²) in [4.78, 5) is 39.2. The van der Waals surface area contributed by atoms with E-state index in [1.165, 1.54) is 38.5 Å². The van der Waals surface area contributed by atoms with Gasteiger partial charge >= 0.3 is 5.97 Å². The lowest BCUT2D eigenvalue weighted by Crippen LogP contribution is -2.40. The van der Waals surface area contributed by atoms with E-state index in [2.05, 4.69) is 5.32 Å². The van der Waals surface area contributed by atoms with Crippen LogP contribution in [-0.4, -0.2) is 28.7 Å². The van der Waals surface area contributed by atoms with E-state index in [0.717, 1.165) is 49.8 Å². The van der Waals surface area contributed by atoms with Crippen molar-refractivity contribution in [1.82, 2.24) is 9.88 Å². The predicted molar refractivity (Wildman–Crippen MR) is 124 cm³/mol. The van der Waals surface area contributed by atoms with Crippen LogP contribution in [0.1, 0.15) is 78.2 Å².